The van der Waals surface area contributed by atoms with Crippen molar-refractivity contribution in [3.63, 3.8) is 0 Å². The maximum atomic E-state index is 14.0. The van der Waals surface area contributed by atoms with Crippen LogP contribution < -0.4 is 0 Å². The van der Waals surface area contributed by atoms with Crippen molar-refractivity contribution in [3.8, 4) is 0 Å². The van der Waals surface area contributed by atoms with E-state index < -0.39 is 15.8 Å². The fourth-order valence-electron chi connectivity index (χ4n) is 2.40. The van der Waals surface area contributed by atoms with Gasteiger partial charge in [0.05, 0.1) is 19.3 Å². The van der Waals surface area contributed by atoms with Crippen LogP contribution in [0.1, 0.15) is 25.8 Å². The van der Waals surface area contributed by atoms with Crippen LogP contribution in [0.2, 0.25) is 0 Å². The first kappa shape index (κ1) is 16.4. The molecule has 1 fully saturated rings. The van der Waals surface area contributed by atoms with E-state index in [1.54, 1.807) is 6.92 Å². The van der Waals surface area contributed by atoms with Gasteiger partial charge in [0, 0.05) is 12.6 Å². The Labute approximate surface area is 124 Å². The number of hydrogen-bond donors (Lipinski definition) is 1. The van der Waals surface area contributed by atoms with E-state index in [0.29, 0.717) is 18.6 Å². The standard InChI is InChI=1S/C14H20FNO4S/c1-3-12-9-20-10(2)7-16(12)21(18,19)14-6-11(8-17)4-5-13(14)15/h4-6,10,12,17H,3,7-9H2,1-2H3. The van der Waals surface area contributed by atoms with Crippen LogP contribution in [0.3, 0.4) is 0 Å². The van der Waals surface area contributed by atoms with Crippen molar-refractivity contribution in [1.29, 1.82) is 0 Å². The van der Waals surface area contributed by atoms with Crippen molar-refractivity contribution < 1.29 is 22.7 Å². The van der Waals surface area contributed by atoms with Gasteiger partial charge in [-0.15, -0.1) is 0 Å². The first-order valence-electron chi connectivity index (χ1n) is 6.92. The normalized spacial score (nSPS) is 24.2. The number of rotatable bonds is 4. The molecule has 0 aliphatic carbocycles. The summed E-state index contributed by atoms with van der Waals surface area (Å²) >= 11 is 0. The molecule has 0 amide bonds. The number of aliphatic hydroxyl groups excluding tert-OH is 1. The Kier molecular flexibility index (Phi) is 4.98. The molecule has 1 aromatic rings. The third-order valence-corrected chi connectivity index (χ3v) is 5.59. The van der Waals surface area contributed by atoms with Crippen LogP contribution >= 0.6 is 0 Å². The fourth-order valence-corrected chi connectivity index (χ4v) is 4.28. The molecule has 5 nitrogen and oxygen atoms in total. The first-order valence-corrected chi connectivity index (χ1v) is 8.36. The second kappa shape index (κ2) is 6.39. The summed E-state index contributed by atoms with van der Waals surface area (Å²) in [6.07, 6.45) is 0.361. The number of ether oxygens (including phenoxy) is 1. The topological polar surface area (TPSA) is 66.8 Å². The largest absolute Gasteiger partial charge is 0.392 e. The molecule has 1 aliphatic heterocycles. The van der Waals surface area contributed by atoms with Crippen LogP contribution in [-0.4, -0.2) is 43.1 Å². The minimum atomic E-state index is -3.95. The van der Waals surface area contributed by atoms with Gasteiger partial charge in [-0.05, 0) is 31.0 Å². The van der Waals surface area contributed by atoms with Gasteiger partial charge in [-0.1, -0.05) is 13.0 Å². The maximum Gasteiger partial charge on any atom is 0.246 e. The van der Waals surface area contributed by atoms with Crippen molar-refractivity contribution in [3.05, 3.63) is 29.6 Å². The highest BCUT2D eigenvalue weighted by Gasteiger charge is 2.37. The average molecular weight is 317 g/mol. The lowest BCUT2D eigenvalue weighted by molar-refractivity contribution is -0.0231. The van der Waals surface area contributed by atoms with E-state index in [2.05, 4.69) is 0 Å². The van der Waals surface area contributed by atoms with E-state index in [1.165, 1.54) is 16.4 Å². The zero-order chi connectivity index (χ0) is 15.6. The van der Waals surface area contributed by atoms with Gasteiger partial charge in [0.25, 0.3) is 0 Å². The van der Waals surface area contributed by atoms with Crippen LogP contribution in [0.5, 0.6) is 0 Å². The van der Waals surface area contributed by atoms with Gasteiger partial charge in [-0.25, -0.2) is 12.8 Å². The Hall–Kier alpha value is -1.02. The minimum Gasteiger partial charge on any atom is -0.392 e. The molecule has 0 saturated carbocycles. The summed E-state index contributed by atoms with van der Waals surface area (Å²) in [6, 6.07) is 3.33. The van der Waals surface area contributed by atoms with Crippen LogP contribution in [0, 0.1) is 5.82 Å². The van der Waals surface area contributed by atoms with Crippen LogP contribution in [0.15, 0.2) is 23.1 Å². The lowest BCUT2D eigenvalue weighted by Gasteiger charge is -2.37. The lowest BCUT2D eigenvalue weighted by Crippen LogP contribution is -2.51. The quantitative estimate of drug-likeness (QED) is 0.914. The van der Waals surface area contributed by atoms with Gasteiger partial charge in [0.2, 0.25) is 10.0 Å². The van der Waals surface area contributed by atoms with E-state index >= 15 is 0 Å². The summed E-state index contributed by atoms with van der Waals surface area (Å²) in [5.41, 5.74) is 0.365. The highest BCUT2D eigenvalue weighted by molar-refractivity contribution is 7.89. The van der Waals surface area contributed by atoms with Gasteiger partial charge >= 0.3 is 0 Å². The molecule has 1 N–H and O–H groups in total. The van der Waals surface area contributed by atoms with Crippen molar-refractivity contribution >= 4 is 10.0 Å². The smallest absolute Gasteiger partial charge is 0.246 e. The van der Waals surface area contributed by atoms with Gasteiger partial charge in [-0.3, -0.25) is 0 Å². The Bertz CT molecular complexity index is 605. The van der Waals surface area contributed by atoms with E-state index in [9.17, 15) is 12.8 Å². The molecule has 0 spiro atoms. The molecule has 0 bridgehead atoms. The van der Waals surface area contributed by atoms with E-state index in [-0.39, 0.29) is 30.2 Å². The minimum absolute atomic E-state index is 0.198. The number of halogens is 1. The van der Waals surface area contributed by atoms with Crippen LogP contribution in [0.25, 0.3) is 0 Å². The van der Waals surface area contributed by atoms with Crippen LogP contribution in [0.4, 0.5) is 4.39 Å². The highest BCUT2D eigenvalue weighted by Crippen LogP contribution is 2.26. The number of sulfonamides is 1. The van der Waals surface area contributed by atoms with Gasteiger partial charge in [0.15, 0.2) is 0 Å². The molecule has 1 saturated heterocycles. The third-order valence-electron chi connectivity index (χ3n) is 3.65. The van der Waals surface area contributed by atoms with E-state index in [0.717, 1.165) is 6.07 Å². The van der Waals surface area contributed by atoms with Crippen LogP contribution in [-0.2, 0) is 21.4 Å². The molecular weight excluding hydrogens is 297 g/mol. The van der Waals surface area contributed by atoms with Crippen molar-refractivity contribution in [1.82, 2.24) is 4.31 Å². The Morgan fingerprint density at radius 2 is 2.19 bits per heavy atom. The number of morpholine rings is 1. The predicted molar refractivity (Wildman–Crippen MR) is 75.7 cm³/mol. The number of nitrogens with zero attached hydrogens (tertiary/aromatic N) is 1. The second-order valence-electron chi connectivity index (χ2n) is 5.20. The summed E-state index contributed by atoms with van der Waals surface area (Å²) in [7, 11) is -3.95. The molecule has 7 heteroatoms. The number of hydrogen-bond acceptors (Lipinski definition) is 4. The molecule has 2 rings (SSSR count). The number of benzene rings is 1. The van der Waals surface area contributed by atoms with Gasteiger partial charge in [0.1, 0.15) is 10.7 Å². The SMILES string of the molecule is CCC1COC(C)CN1S(=O)(=O)c1cc(CO)ccc1F. The summed E-state index contributed by atoms with van der Waals surface area (Å²) in [5, 5.41) is 9.12. The maximum absolute atomic E-state index is 14.0. The summed E-state index contributed by atoms with van der Waals surface area (Å²) in [5.74, 6) is -0.804. The van der Waals surface area contributed by atoms with Crippen molar-refractivity contribution in [2.75, 3.05) is 13.2 Å². The summed E-state index contributed by atoms with van der Waals surface area (Å²) < 4.78 is 46.2. The predicted octanol–water partition coefficient (Wildman–Crippen LogP) is 1.51. The molecule has 1 heterocycles. The Morgan fingerprint density at radius 3 is 2.81 bits per heavy atom. The number of aliphatic hydroxyl groups is 1. The fraction of sp³-hybridized carbons (Fsp3) is 0.571. The molecular formula is C14H20FNO4S. The lowest BCUT2D eigenvalue weighted by atomic mass is 10.2. The summed E-state index contributed by atoms with van der Waals surface area (Å²) in [6.45, 7) is 3.82. The molecule has 1 aromatic carbocycles. The highest BCUT2D eigenvalue weighted by atomic mass is 32.2. The molecule has 2 unspecified atom stereocenters. The molecule has 1 aliphatic rings. The second-order valence-corrected chi connectivity index (χ2v) is 7.06. The average Bonchev–Trinajstić information content (AvgIpc) is 2.47. The zero-order valence-corrected chi connectivity index (χ0v) is 12.9. The van der Waals surface area contributed by atoms with E-state index in [4.69, 9.17) is 9.84 Å². The zero-order valence-electron chi connectivity index (χ0n) is 12.1. The van der Waals surface area contributed by atoms with Gasteiger partial charge < -0.3 is 9.84 Å². The molecule has 0 aromatic heterocycles. The Morgan fingerprint density at radius 1 is 1.48 bits per heavy atom. The monoisotopic (exact) mass is 317 g/mol. The first-order chi connectivity index (χ1) is 9.90. The molecule has 21 heavy (non-hydrogen) atoms. The molecule has 118 valence electrons. The molecule has 0 radical (unpaired) electrons. The summed E-state index contributed by atoms with van der Waals surface area (Å²) in [4.78, 5) is -0.387. The van der Waals surface area contributed by atoms with E-state index in [1.807, 2.05) is 6.92 Å². The van der Waals surface area contributed by atoms with Gasteiger partial charge in [-0.2, -0.15) is 4.31 Å². The van der Waals surface area contributed by atoms with Crippen molar-refractivity contribution in [2.24, 2.45) is 0 Å². The van der Waals surface area contributed by atoms with Crippen molar-refractivity contribution in [2.45, 2.75) is 43.9 Å². The third kappa shape index (κ3) is 3.26. The molecule has 2 atom stereocenters. The Balaban J connectivity index is 2.44.